The van der Waals surface area contributed by atoms with Gasteiger partial charge in [0.1, 0.15) is 6.26 Å². The zero-order valence-corrected chi connectivity index (χ0v) is 15.0. The van der Waals surface area contributed by atoms with Crippen molar-refractivity contribution in [2.24, 2.45) is 0 Å². The van der Waals surface area contributed by atoms with Crippen LogP contribution in [0.5, 0.6) is 0 Å². The monoisotopic (exact) mass is 380 g/mol. The fourth-order valence-electron chi connectivity index (χ4n) is 2.91. The molecule has 1 N–H and O–H groups in total. The molecule has 2 amide bonds. The van der Waals surface area contributed by atoms with E-state index in [9.17, 15) is 9.59 Å². The van der Waals surface area contributed by atoms with Crippen LogP contribution < -0.4 is 5.32 Å². The molecule has 1 aliphatic heterocycles. The first-order valence-electron chi connectivity index (χ1n) is 8.07. The summed E-state index contributed by atoms with van der Waals surface area (Å²) in [6.07, 6.45) is 4.66. The minimum absolute atomic E-state index is 0.0330. The zero-order valence-electron chi connectivity index (χ0n) is 13.5. The van der Waals surface area contributed by atoms with Crippen molar-refractivity contribution in [1.29, 1.82) is 0 Å². The third-order valence-electron chi connectivity index (χ3n) is 4.26. The van der Waals surface area contributed by atoms with Gasteiger partial charge >= 0.3 is 0 Å². The van der Waals surface area contributed by atoms with E-state index >= 15 is 0 Å². The summed E-state index contributed by atoms with van der Waals surface area (Å²) in [5.74, 6) is -0.0904. The van der Waals surface area contributed by atoms with Gasteiger partial charge in [-0.05, 0) is 36.6 Å². The van der Waals surface area contributed by atoms with E-state index in [2.05, 4.69) is 5.32 Å². The SMILES string of the molecule is O=C(Cc1ccc(Cl)c(Cl)c1)NC1CCN(C(=O)c2ccoc2)CC1. The van der Waals surface area contributed by atoms with Crippen molar-refractivity contribution in [1.82, 2.24) is 10.2 Å². The summed E-state index contributed by atoms with van der Waals surface area (Å²) in [6, 6.07) is 6.92. The molecule has 0 aliphatic carbocycles. The largest absolute Gasteiger partial charge is 0.472 e. The fourth-order valence-corrected chi connectivity index (χ4v) is 3.23. The maximum Gasteiger partial charge on any atom is 0.257 e. The maximum atomic E-state index is 12.2. The Bertz CT molecular complexity index is 754. The Morgan fingerprint density at radius 1 is 1.16 bits per heavy atom. The van der Waals surface area contributed by atoms with Crippen molar-refractivity contribution in [3.8, 4) is 0 Å². The lowest BCUT2D eigenvalue weighted by atomic mass is 10.0. The first kappa shape index (κ1) is 17.8. The van der Waals surface area contributed by atoms with E-state index in [1.807, 2.05) is 0 Å². The molecule has 2 aromatic rings. The lowest BCUT2D eigenvalue weighted by Gasteiger charge is -2.32. The first-order chi connectivity index (χ1) is 12.0. The summed E-state index contributed by atoms with van der Waals surface area (Å²) in [6.45, 7) is 1.23. The van der Waals surface area contributed by atoms with Crippen LogP contribution in [-0.2, 0) is 11.2 Å². The molecule has 132 valence electrons. The molecule has 1 saturated heterocycles. The molecule has 0 atom stereocenters. The van der Waals surface area contributed by atoms with Gasteiger partial charge in [0.15, 0.2) is 0 Å². The molecular weight excluding hydrogens is 363 g/mol. The molecule has 25 heavy (non-hydrogen) atoms. The highest BCUT2D eigenvalue weighted by atomic mass is 35.5. The molecule has 3 rings (SSSR count). The molecular formula is C18H18Cl2N2O3. The van der Waals surface area contributed by atoms with Gasteiger partial charge in [0.05, 0.1) is 28.3 Å². The van der Waals surface area contributed by atoms with Crippen molar-refractivity contribution in [3.63, 3.8) is 0 Å². The normalized spacial score (nSPS) is 15.2. The summed E-state index contributed by atoms with van der Waals surface area (Å²) in [5.41, 5.74) is 1.38. The third-order valence-corrected chi connectivity index (χ3v) is 5.00. The van der Waals surface area contributed by atoms with E-state index in [0.29, 0.717) is 28.7 Å². The number of halogens is 2. The average Bonchev–Trinajstić information content (AvgIpc) is 3.13. The van der Waals surface area contributed by atoms with Gasteiger partial charge in [-0.25, -0.2) is 0 Å². The second-order valence-corrected chi connectivity index (χ2v) is 6.89. The highest BCUT2D eigenvalue weighted by Crippen LogP contribution is 2.23. The zero-order chi connectivity index (χ0) is 17.8. The Morgan fingerprint density at radius 2 is 1.92 bits per heavy atom. The Kier molecular flexibility index (Phi) is 5.66. The Hall–Kier alpha value is -1.98. The molecule has 1 fully saturated rings. The number of hydrogen-bond acceptors (Lipinski definition) is 3. The van der Waals surface area contributed by atoms with Gasteiger partial charge in [-0.2, -0.15) is 0 Å². The number of furan rings is 1. The number of likely N-dealkylation sites (tertiary alicyclic amines) is 1. The van der Waals surface area contributed by atoms with Gasteiger partial charge in [-0.3, -0.25) is 9.59 Å². The summed E-state index contributed by atoms with van der Waals surface area (Å²) < 4.78 is 4.95. The summed E-state index contributed by atoms with van der Waals surface area (Å²) in [7, 11) is 0. The predicted molar refractivity (Wildman–Crippen MR) is 95.9 cm³/mol. The molecule has 0 bridgehead atoms. The molecule has 7 heteroatoms. The van der Waals surface area contributed by atoms with Crippen LogP contribution in [0.1, 0.15) is 28.8 Å². The highest BCUT2D eigenvalue weighted by molar-refractivity contribution is 6.42. The Labute approximate surface area is 155 Å². The van der Waals surface area contributed by atoms with Crippen LogP contribution >= 0.6 is 23.2 Å². The number of carbonyl (C=O) groups is 2. The number of nitrogens with one attached hydrogen (secondary N) is 1. The molecule has 0 saturated carbocycles. The van der Waals surface area contributed by atoms with Gasteiger partial charge in [-0.1, -0.05) is 29.3 Å². The van der Waals surface area contributed by atoms with Crippen LogP contribution in [0.4, 0.5) is 0 Å². The molecule has 2 heterocycles. The summed E-state index contributed by atoms with van der Waals surface area (Å²) in [5, 5.41) is 3.94. The average molecular weight is 381 g/mol. The minimum atomic E-state index is -0.0574. The van der Waals surface area contributed by atoms with E-state index in [1.54, 1.807) is 29.2 Å². The summed E-state index contributed by atoms with van der Waals surface area (Å²) in [4.78, 5) is 26.2. The first-order valence-corrected chi connectivity index (χ1v) is 8.83. The molecule has 5 nitrogen and oxygen atoms in total. The lowest BCUT2D eigenvalue weighted by Crippen LogP contribution is -2.46. The molecule has 0 spiro atoms. The van der Waals surface area contributed by atoms with Crippen LogP contribution in [0, 0.1) is 0 Å². The molecule has 1 aromatic heterocycles. The quantitative estimate of drug-likeness (QED) is 0.881. The number of rotatable bonds is 4. The smallest absolute Gasteiger partial charge is 0.257 e. The predicted octanol–water partition coefficient (Wildman–Crippen LogP) is 3.55. The molecule has 0 radical (unpaired) electrons. The van der Waals surface area contributed by atoms with Crippen molar-refractivity contribution in [2.45, 2.75) is 25.3 Å². The van der Waals surface area contributed by atoms with Crippen LogP contribution in [0.3, 0.4) is 0 Å². The number of piperidine rings is 1. The van der Waals surface area contributed by atoms with Crippen molar-refractivity contribution >= 4 is 35.0 Å². The fraction of sp³-hybridized carbons (Fsp3) is 0.333. The number of benzene rings is 1. The second kappa shape index (κ2) is 7.93. The van der Waals surface area contributed by atoms with E-state index in [1.165, 1.54) is 12.5 Å². The van der Waals surface area contributed by atoms with Crippen LogP contribution in [0.2, 0.25) is 10.0 Å². The number of nitrogens with zero attached hydrogens (tertiary/aromatic N) is 1. The van der Waals surface area contributed by atoms with Crippen LogP contribution in [0.15, 0.2) is 41.2 Å². The van der Waals surface area contributed by atoms with Gasteiger partial charge in [0, 0.05) is 19.1 Å². The molecule has 0 unspecified atom stereocenters. The topological polar surface area (TPSA) is 62.6 Å². The Balaban J connectivity index is 1.47. The van der Waals surface area contributed by atoms with Crippen molar-refractivity contribution < 1.29 is 14.0 Å². The van der Waals surface area contributed by atoms with E-state index in [4.69, 9.17) is 27.6 Å². The Morgan fingerprint density at radius 3 is 2.56 bits per heavy atom. The van der Waals surface area contributed by atoms with Gasteiger partial charge in [-0.15, -0.1) is 0 Å². The van der Waals surface area contributed by atoms with E-state index < -0.39 is 0 Å². The van der Waals surface area contributed by atoms with Gasteiger partial charge in [0.2, 0.25) is 5.91 Å². The second-order valence-electron chi connectivity index (χ2n) is 6.07. The van der Waals surface area contributed by atoms with Gasteiger partial charge in [0.25, 0.3) is 5.91 Å². The number of hydrogen-bond donors (Lipinski definition) is 1. The van der Waals surface area contributed by atoms with Crippen molar-refractivity contribution in [3.05, 3.63) is 58.0 Å². The van der Waals surface area contributed by atoms with Crippen molar-refractivity contribution in [2.75, 3.05) is 13.1 Å². The van der Waals surface area contributed by atoms with Crippen LogP contribution in [0.25, 0.3) is 0 Å². The number of carbonyl (C=O) groups excluding carboxylic acids is 2. The maximum absolute atomic E-state index is 12.2. The molecule has 1 aromatic carbocycles. The van der Waals surface area contributed by atoms with Gasteiger partial charge < -0.3 is 14.6 Å². The number of amides is 2. The summed E-state index contributed by atoms with van der Waals surface area (Å²) >= 11 is 11.8. The lowest BCUT2D eigenvalue weighted by molar-refractivity contribution is -0.121. The minimum Gasteiger partial charge on any atom is -0.472 e. The van der Waals surface area contributed by atoms with E-state index in [0.717, 1.165) is 18.4 Å². The van der Waals surface area contributed by atoms with Crippen LogP contribution in [-0.4, -0.2) is 35.8 Å². The third kappa shape index (κ3) is 4.55. The standard InChI is InChI=1S/C18H18Cl2N2O3/c19-15-2-1-12(9-16(15)20)10-17(23)21-14-3-6-22(7-4-14)18(24)13-5-8-25-11-13/h1-2,5,8-9,11,14H,3-4,6-7,10H2,(H,21,23). The molecule has 1 aliphatic rings. The highest BCUT2D eigenvalue weighted by Gasteiger charge is 2.25. The van der Waals surface area contributed by atoms with E-state index in [-0.39, 0.29) is 24.3 Å².